The molecule has 0 aliphatic rings. The number of rotatable bonds is 5. The van der Waals surface area contributed by atoms with Crippen LogP contribution in [0, 0.1) is 5.82 Å². The topological polar surface area (TPSA) is 46.5 Å². The van der Waals surface area contributed by atoms with Crippen LogP contribution >= 0.6 is 0 Å². The summed E-state index contributed by atoms with van der Waals surface area (Å²) in [4.78, 5) is 10.9. The first kappa shape index (κ1) is 16.9. The predicted molar refractivity (Wildman–Crippen MR) is 93.3 cm³/mol. The fraction of sp³-hybridized carbons (Fsp3) is 0.0952. The van der Waals surface area contributed by atoms with Gasteiger partial charge in [-0.25, -0.2) is 4.39 Å². The maximum Gasteiger partial charge on any atom is 0.150 e. The third kappa shape index (κ3) is 3.16. The molecule has 3 rings (SSSR count). The lowest BCUT2D eigenvalue weighted by Gasteiger charge is -2.30. The van der Waals surface area contributed by atoms with Gasteiger partial charge in [-0.1, -0.05) is 48.5 Å². The van der Waals surface area contributed by atoms with E-state index in [2.05, 4.69) is 0 Å². The number of ether oxygens (including phenoxy) is 1. The van der Waals surface area contributed by atoms with Gasteiger partial charge in [0.25, 0.3) is 0 Å². The fourth-order valence-corrected chi connectivity index (χ4v) is 2.83. The van der Waals surface area contributed by atoms with Gasteiger partial charge in [0.1, 0.15) is 23.5 Å². The summed E-state index contributed by atoms with van der Waals surface area (Å²) < 4.78 is 18.5. The molecule has 0 saturated heterocycles. The normalized spacial score (nSPS) is 13.1. The van der Waals surface area contributed by atoms with E-state index in [-0.39, 0.29) is 5.82 Å². The summed E-state index contributed by atoms with van der Waals surface area (Å²) in [5.74, 6) is 0.290. The lowest BCUT2D eigenvalue weighted by atomic mass is 9.80. The van der Waals surface area contributed by atoms with Crippen LogP contribution in [0.25, 0.3) is 0 Å². The Bertz CT molecular complexity index is 855. The zero-order chi connectivity index (χ0) is 17.9. The minimum absolute atomic E-state index is 0.378. The first-order valence-electron chi connectivity index (χ1n) is 7.76. The highest BCUT2D eigenvalue weighted by molar-refractivity contribution is 5.74. The number of halogens is 1. The molecular formula is C21H17FO3. The summed E-state index contributed by atoms with van der Waals surface area (Å²) in [7, 11) is 1.57. The molecule has 0 unspecified atom stereocenters. The molecule has 0 aliphatic heterocycles. The van der Waals surface area contributed by atoms with Gasteiger partial charge in [0.15, 0.2) is 0 Å². The molecule has 126 valence electrons. The summed E-state index contributed by atoms with van der Waals surface area (Å²) in [5.41, 5.74) is 0.743. The van der Waals surface area contributed by atoms with Crippen LogP contribution in [0.1, 0.15) is 27.0 Å². The van der Waals surface area contributed by atoms with Crippen LogP contribution in [0.3, 0.4) is 0 Å². The van der Waals surface area contributed by atoms with Crippen molar-refractivity contribution in [3.63, 3.8) is 0 Å². The van der Waals surface area contributed by atoms with Gasteiger partial charge < -0.3 is 9.84 Å². The lowest BCUT2D eigenvalue weighted by molar-refractivity contribution is 0.112. The Morgan fingerprint density at radius 2 is 1.28 bits per heavy atom. The number of carbonyl (C=O) groups is 1. The number of aliphatic hydroxyl groups is 1. The lowest BCUT2D eigenvalue weighted by Crippen LogP contribution is -2.28. The molecule has 1 N–H and O–H groups in total. The van der Waals surface area contributed by atoms with E-state index in [4.69, 9.17) is 4.74 Å². The molecule has 0 bridgehead atoms. The Morgan fingerprint density at radius 1 is 0.840 bits per heavy atom. The van der Waals surface area contributed by atoms with Gasteiger partial charge in [-0.15, -0.1) is 0 Å². The van der Waals surface area contributed by atoms with Gasteiger partial charge in [0.05, 0.1) is 7.11 Å². The van der Waals surface area contributed by atoms with Crippen LogP contribution in [0.15, 0.2) is 72.8 Å². The highest BCUT2D eigenvalue weighted by Crippen LogP contribution is 2.37. The van der Waals surface area contributed by atoms with Crippen molar-refractivity contribution in [3.8, 4) is 5.75 Å². The van der Waals surface area contributed by atoms with E-state index in [1.807, 2.05) is 0 Å². The molecule has 0 aliphatic carbocycles. The summed E-state index contributed by atoms with van der Waals surface area (Å²) in [6.07, 6.45) is 0.744. The van der Waals surface area contributed by atoms with Crippen LogP contribution in [0.2, 0.25) is 0 Å². The van der Waals surface area contributed by atoms with Gasteiger partial charge >= 0.3 is 0 Å². The summed E-state index contributed by atoms with van der Waals surface area (Å²) in [6, 6.07) is 19.4. The molecule has 3 aromatic carbocycles. The number of methoxy groups -OCH3 is 1. The number of carbonyl (C=O) groups excluding carboxylic acids is 1. The van der Waals surface area contributed by atoms with Crippen molar-refractivity contribution in [3.05, 3.63) is 101 Å². The van der Waals surface area contributed by atoms with Crippen LogP contribution in [-0.2, 0) is 5.60 Å². The number of benzene rings is 3. The fourth-order valence-electron chi connectivity index (χ4n) is 2.83. The molecule has 0 aromatic heterocycles. The van der Waals surface area contributed by atoms with E-state index < -0.39 is 5.60 Å². The van der Waals surface area contributed by atoms with Crippen LogP contribution < -0.4 is 4.74 Å². The molecule has 0 amide bonds. The van der Waals surface area contributed by atoms with Crippen molar-refractivity contribution in [2.75, 3.05) is 7.11 Å². The van der Waals surface area contributed by atoms with Gasteiger partial charge in [-0.05, 0) is 41.0 Å². The highest BCUT2D eigenvalue weighted by atomic mass is 19.1. The maximum absolute atomic E-state index is 13.3. The number of hydrogen-bond donors (Lipinski definition) is 1. The summed E-state index contributed by atoms with van der Waals surface area (Å²) in [6.45, 7) is 0. The molecular weight excluding hydrogens is 319 g/mol. The molecule has 25 heavy (non-hydrogen) atoms. The van der Waals surface area contributed by atoms with Gasteiger partial charge in [-0.2, -0.15) is 0 Å². The van der Waals surface area contributed by atoms with Crippen LogP contribution in [0.5, 0.6) is 5.75 Å². The van der Waals surface area contributed by atoms with E-state index in [9.17, 15) is 14.3 Å². The standard InChI is InChI=1S/C21H17FO3/c1-25-20-12-8-18(9-13-20)21(24,17-6-10-19(22)11-7-17)16-4-2-15(14-23)3-5-16/h2-14,24H,1H3/t21-/m0/s1. The van der Waals surface area contributed by atoms with E-state index in [1.165, 1.54) is 12.1 Å². The highest BCUT2D eigenvalue weighted by Gasteiger charge is 2.33. The molecule has 0 fully saturated rings. The van der Waals surface area contributed by atoms with E-state index in [0.717, 1.165) is 6.29 Å². The summed E-state index contributed by atoms with van der Waals surface area (Å²) >= 11 is 0. The third-order valence-electron chi connectivity index (χ3n) is 4.23. The van der Waals surface area contributed by atoms with E-state index in [1.54, 1.807) is 67.8 Å². The van der Waals surface area contributed by atoms with Crippen molar-refractivity contribution in [2.45, 2.75) is 5.60 Å². The number of aldehydes is 1. The minimum atomic E-state index is -1.48. The predicted octanol–water partition coefficient (Wildman–Crippen LogP) is 3.93. The van der Waals surface area contributed by atoms with Gasteiger partial charge in [-0.3, -0.25) is 4.79 Å². The van der Waals surface area contributed by atoms with Crippen LogP contribution in [0.4, 0.5) is 4.39 Å². The van der Waals surface area contributed by atoms with Crippen molar-refractivity contribution in [1.82, 2.24) is 0 Å². The smallest absolute Gasteiger partial charge is 0.150 e. The van der Waals surface area contributed by atoms with Crippen LogP contribution in [-0.4, -0.2) is 18.5 Å². The van der Waals surface area contributed by atoms with Gasteiger partial charge in [0.2, 0.25) is 0 Å². The van der Waals surface area contributed by atoms with Crippen molar-refractivity contribution >= 4 is 6.29 Å². The second kappa shape index (κ2) is 6.87. The Kier molecular flexibility index (Phi) is 4.63. The SMILES string of the molecule is COc1ccc([C@@](O)(c2ccc(F)cc2)c2ccc(C=O)cc2)cc1. The molecule has 3 nitrogen and oxygen atoms in total. The Hall–Kier alpha value is -2.98. The zero-order valence-corrected chi connectivity index (χ0v) is 13.6. The average molecular weight is 336 g/mol. The Morgan fingerprint density at radius 3 is 1.72 bits per heavy atom. The molecule has 0 saturated carbocycles. The van der Waals surface area contributed by atoms with E-state index in [0.29, 0.717) is 28.0 Å². The Labute approximate surface area is 145 Å². The largest absolute Gasteiger partial charge is 0.497 e. The van der Waals surface area contributed by atoms with Crippen molar-refractivity contribution < 1.29 is 19.0 Å². The molecule has 3 aromatic rings. The second-order valence-corrected chi connectivity index (χ2v) is 5.69. The van der Waals surface area contributed by atoms with Crippen molar-refractivity contribution in [1.29, 1.82) is 0 Å². The monoisotopic (exact) mass is 336 g/mol. The molecule has 4 heteroatoms. The molecule has 0 spiro atoms. The minimum Gasteiger partial charge on any atom is -0.497 e. The van der Waals surface area contributed by atoms with E-state index >= 15 is 0 Å². The quantitative estimate of drug-likeness (QED) is 0.567. The first-order chi connectivity index (χ1) is 12.1. The second-order valence-electron chi connectivity index (χ2n) is 5.69. The van der Waals surface area contributed by atoms with Gasteiger partial charge in [0, 0.05) is 5.56 Å². The first-order valence-corrected chi connectivity index (χ1v) is 7.76. The van der Waals surface area contributed by atoms with Crippen molar-refractivity contribution in [2.24, 2.45) is 0 Å². The maximum atomic E-state index is 13.3. The number of hydrogen-bond acceptors (Lipinski definition) is 3. The zero-order valence-electron chi connectivity index (χ0n) is 13.6. The summed E-state index contributed by atoms with van der Waals surface area (Å²) in [5, 5.41) is 11.6. The molecule has 0 heterocycles. The average Bonchev–Trinajstić information content (AvgIpc) is 2.68. The Balaban J connectivity index is 2.18. The molecule has 1 atom stereocenters. The molecule has 0 radical (unpaired) electrons. The third-order valence-corrected chi connectivity index (χ3v) is 4.23.